The van der Waals surface area contributed by atoms with Crippen LogP contribution in [0.1, 0.15) is 36.6 Å². The molecule has 0 spiro atoms. The number of aryl methyl sites for hydroxylation is 1. The highest BCUT2D eigenvalue weighted by atomic mass is 16.5. The minimum absolute atomic E-state index is 0.122. The van der Waals surface area contributed by atoms with Crippen molar-refractivity contribution in [3.8, 4) is 22.7 Å². The summed E-state index contributed by atoms with van der Waals surface area (Å²) in [6, 6.07) is 18.8. The second kappa shape index (κ2) is 11.3. The Morgan fingerprint density at radius 2 is 1.89 bits per heavy atom. The zero-order valence-corrected chi connectivity index (χ0v) is 20.4. The van der Waals surface area contributed by atoms with E-state index in [9.17, 15) is 4.79 Å². The molecule has 9 heteroatoms. The molecule has 0 bridgehead atoms. The topological polar surface area (TPSA) is 124 Å². The monoisotopic (exact) mass is 483 g/mol. The van der Waals surface area contributed by atoms with Crippen LogP contribution in [0.2, 0.25) is 0 Å². The number of rotatable bonds is 10. The van der Waals surface area contributed by atoms with E-state index in [1.165, 1.54) is 0 Å². The lowest BCUT2D eigenvalue weighted by molar-refractivity contribution is 0.412. The molecule has 0 aliphatic carbocycles. The molecule has 0 unspecified atom stereocenters. The quantitative estimate of drug-likeness (QED) is 0.146. The molecule has 2 heterocycles. The molecule has 0 saturated carbocycles. The number of nitrogens with two attached hydrogens (primary N) is 1. The fourth-order valence-electron chi connectivity index (χ4n) is 4.15. The normalized spacial score (nSPS) is 11.4. The first-order chi connectivity index (χ1) is 17.6. The van der Waals surface area contributed by atoms with Gasteiger partial charge in [0.05, 0.1) is 25.0 Å². The molecule has 2 aromatic carbocycles. The van der Waals surface area contributed by atoms with E-state index in [0.29, 0.717) is 29.2 Å². The van der Waals surface area contributed by atoms with Gasteiger partial charge in [-0.3, -0.25) is 14.1 Å². The predicted molar refractivity (Wildman–Crippen MR) is 140 cm³/mol. The zero-order valence-electron chi connectivity index (χ0n) is 20.4. The molecule has 2 aromatic heterocycles. The predicted octanol–water partition coefficient (Wildman–Crippen LogP) is 4.75. The Hall–Kier alpha value is -4.53. The average Bonchev–Trinajstić information content (AvgIpc) is 3.22. The summed E-state index contributed by atoms with van der Waals surface area (Å²) in [5.74, 6) is 0.792. The highest BCUT2D eigenvalue weighted by molar-refractivity contribution is 6.02. The Morgan fingerprint density at radius 3 is 2.61 bits per heavy atom. The number of nitrogens with one attached hydrogen (secondary N) is 1. The number of aromatic nitrogens is 3. The van der Waals surface area contributed by atoms with Crippen LogP contribution < -0.4 is 16.2 Å². The van der Waals surface area contributed by atoms with Crippen molar-refractivity contribution in [1.82, 2.24) is 14.1 Å². The summed E-state index contributed by atoms with van der Waals surface area (Å²) in [4.78, 5) is 18.1. The number of benzene rings is 2. The number of ether oxygens (including phenoxy) is 1. The summed E-state index contributed by atoms with van der Waals surface area (Å²) in [6.07, 6.45) is 6.49. The number of unbranched alkanes of at least 4 members (excludes halogenated alkanes) is 1. The molecule has 0 radical (unpaired) electrons. The summed E-state index contributed by atoms with van der Waals surface area (Å²) in [6.45, 7) is 2.53. The summed E-state index contributed by atoms with van der Waals surface area (Å²) in [7, 11) is 1.60. The van der Waals surface area contributed by atoms with Crippen LogP contribution in [0.5, 0.6) is 5.75 Å². The van der Waals surface area contributed by atoms with E-state index in [-0.39, 0.29) is 11.5 Å². The molecule has 36 heavy (non-hydrogen) atoms. The van der Waals surface area contributed by atoms with E-state index in [1.54, 1.807) is 22.4 Å². The van der Waals surface area contributed by atoms with Gasteiger partial charge in [0.15, 0.2) is 5.84 Å². The molecular weight excluding hydrogens is 454 g/mol. The molecule has 0 fully saturated rings. The van der Waals surface area contributed by atoms with Crippen molar-refractivity contribution in [2.24, 2.45) is 16.1 Å². The molecule has 0 saturated heterocycles. The van der Waals surface area contributed by atoms with Gasteiger partial charge in [-0.25, -0.2) is 4.79 Å². The van der Waals surface area contributed by atoms with Crippen LogP contribution in [-0.2, 0) is 13.0 Å². The summed E-state index contributed by atoms with van der Waals surface area (Å²) < 4.78 is 8.94. The molecule has 4 rings (SSSR count). The maximum atomic E-state index is 13.5. The van der Waals surface area contributed by atoms with Gasteiger partial charge >= 0.3 is 5.69 Å². The van der Waals surface area contributed by atoms with Gasteiger partial charge < -0.3 is 10.5 Å². The van der Waals surface area contributed by atoms with Gasteiger partial charge in [-0.2, -0.15) is 5.53 Å². The number of nitrogens with zero attached hydrogens (tertiary/aromatic N) is 5. The molecule has 0 atom stereocenters. The Morgan fingerprint density at radius 1 is 1.11 bits per heavy atom. The third-order valence-electron chi connectivity index (χ3n) is 6.00. The molecule has 3 N–H and O–H groups in total. The van der Waals surface area contributed by atoms with Crippen molar-refractivity contribution in [3.05, 3.63) is 100 Å². The molecule has 0 aliphatic heterocycles. The number of hydrogen-bond donors (Lipinski definition) is 2. The Labute approximate surface area is 209 Å². The summed E-state index contributed by atoms with van der Waals surface area (Å²) in [5, 5.41) is 6.68. The first kappa shape index (κ1) is 24.6. The molecule has 4 aromatic rings. The first-order valence-electron chi connectivity index (χ1n) is 11.8. The number of hydrogen-bond acceptors (Lipinski definition) is 5. The minimum atomic E-state index is -0.122. The van der Waals surface area contributed by atoms with Gasteiger partial charge in [0.25, 0.3) is 0 Å². The van der Waals surface area contributed by atoms with Crippen LogP contribution in [0.25, 0.3) is 16.9 Å². The van der Waals surface area contributed by atoms with E-state index < -0.39 is 0 Å². The lowest BCUT2D eigenvalue weighted by atomic mass is 10.0. The molecular formula is C27H29N7O2. The highest BCUT2D eigenvalue weighted by Gasteiger charge is 2.16. The maximum Gasteiger partial charge on any atom is 0.333 e. The van der Waals surface area contributed by atoms with Crippen molar-refractivity contribution >= 4 is 5.84 Å². The van der Waals surface area contributed by atoms with Crippen LogP contribution in [-0.4, -0.2) is 27.1 Å². The average molecular weight is 484 g/mol. The van der Waals surface area contributed by atoms with Gasteiger partial charge in [0.2, 0.25) is 0 Å². The lowest BCUT2D eigenvalue weighted by Gasteiger charge is -2.10. The molecule has 0 aliphatic rings. The van der Waals surface area contributed by atoms with Gasteiger partial charge in [0.1, 0.15) is 5.75 Å². The van der Waals surface area contributed by atoms with Crippen LogP contribution in [0.15, 0.2) is 88.2 Å². The SMILES string of the molecule is CCCCc1cn(-c2ccccc2OC)c(=O)n1Cc1ccc(-c2ccccc2/C(N)=N/N=N)nc1. The Balaban J connectivity index is 1.69. The van der Waals surface area contributed by atoms with E-state index in [4.69, 9.17) is 16.0 Å². The molecule has 9 nitrogen and oxygen atoms in total. The Kier molecular flexibility index (Phi) is 7.69. The van der Waals surface area contributed by atoms with Crippen molar-refractivity contribution in [2.45, 2.75) is 32.7 Å². The van der Waals surface area contributed by atoms with Crippen molar-refractivity contribution < 1.29 is 4.74 Å². The van der Waals surface area contributed by atoms with Crippen LogP contribution >= 0.6 is 0 Å². The van der Waals surface area contributed by atoms with Gasteiger partial charge in [0, 0.05) is 29.2 Å². The number of methoxy groups -OCH3 is 1. The van der Waals surface area contributed by atoms with Crippen LogP contribution in [0.4, 0.5) is 0 Å². The second-order valence-electron chi connectivity index (χ2n) is 8.32. The maximum absolute atomic E-state index is 13.5. The third-order valence-corrected chi connectivity index (χ3v) is 6.00. The lowest BCUT2D eigenvalue weighted by Crippen LogP contribution is -2.25. The largest absolute Gasteiger partial charge is 0.495 e. The van der Waals surface area contributed by atoms with Gasteiger partial charge in [-0.1, -0.05) is 61.0 Å². The fourth-order valence-corrected chi connectivity index (χ4v) is 4.15. The van der Waals surface area contributed by atoms with Gasteiger partial charge in [-0.05, 0) is 36.6 Å². The number of pyridine rings is 1. The van der Waals surface area contributed by atoms with E-state index in [0.717, 1.165) is 36.1 Å². The molecule has 0 amide bonds. The fraction of sp³-hybridized carbons (Fsp3) is 0.222. The smallest absolute Gasteiger partial charge is 0.333 e. The summed E-state index contributed by atoms with van der Waals surface area (Å²) in [5.41, 5.74) is 17.5. The standard InChI is InChI=1S/C27H29N7O2/c1-3-4-9-20-18-34(24-12-7-8-13-25(24)36-2)27(35)33(20)17-19-14-15-23(30-16-19)21-10-5-6-11-22(21)26(28)31-32-29/h5-8,10-16,18H,3-4,9,17H2,1-2H3,(H3,28,29,31). The zero-order chi connectivity index (χ0) is 25.5. The van der Waals surface area contributed by atoms with Crippen LogP contribution in [0, 0.1) is 5.53 Å². The van der Waals surface area contributed by atoms with Crippen molar-refractivity contribution in [2.75, 3.05) is 7.11 Å². The highest BCUT2D eigenvalue weighted by Crippen LogP contribution is 2.24. The van der Waals surface area contributed by atoms with E-state index >= 15 is 0 Å². The number of amidine groups is 1. The van der Waals surface area contributed by atoms with Gasteiger partial charge in [-0.15, -0.1) is 5.10 Å². The van der Waals surface area contributed by atoms with Crippen molar-refractivity contribution in [1.29, 1.82) is 5.53 Å². The van der Waals surface area contributed by atoms with E-state index in [2.05, 4.69) is 22.2 Å². The van der Waals surface area contributed by atoms with Crippen molar-refractivity contribution in [3.63, 3.8) is 0 Å². The summed E-state index contributed by atoms with van der Waals surface area (Å²) >= 11 is 0. The second-order valence-corrected chi connectivity index (χ2v) is 8.32. The Bertz CT molecular complexity index is 1440. The van der Waals surface area contributed by atoms with E-state index in [1.807, 2.05) is 66.9 Å². The number of para-hydroxylation sites is 2. The minimum Gasteiger partial charge on any atom is -0.495 e. The van der Waals surface area contributed by atoms with Crippen LogP contribution in [0.3, 0.4) is 0 Å². The number of imidazole rings is 1. The first-order valence-corrected chi connectivity index (χ1v) is 11.8. The molecule has 184 valence electrons. The third kappa shape index (κ3) is 5.10.